The zero-order valence-electron chi connectivity index (χ0n) is 13.2. The molecule has 1 aromatic rings. The van der Waals surface area contributed by atoms with Gasteiger partial charge in [-0.1, -0.05) is 17.7 Å². The molecule has 2 bridgehead atoms. The third-order valence-corrected chi connectivity index (χ3v) is 6.23. The number of anilines is 1. The van der Waals surface area contributed by atoms with Crippen molar-refractivity contribution in [2.75, 3.05) is 18.0 Å². The fraction of sp³-hybridized carbons (Fsp3) is 0.611. The zero-order chi connectivity index (χ0) is 16.0. The molecule has 1 aliphatic heterocycles. The van der Waals surface area contributed by atoms with E-state index in [2.05, 4.69) is 16.3 Å². The summed E-state index contributed by atoms with van der Waals surface area (Å²) in [4.78, 5) is 15.0. The van der Waals surface area contributed by atoms with Crippen molar-refractivity contribution in [1.29, 1.82) is 0 Å². The Labute approximate surface area is 142 Å². The van der Waals surface area contributed by atoms with Crippen LogP contribution in [0.3, 0.4) is 0 Å². The third kappa shape index (κ3) is 2.83. The Morgan fingerprint density at radius 2 is 2.09 bits per heavy atom. The number of hydrogen-bond acceptors (Lipinski definition) is 3. The lowest BCUT2D eigenvalue weighted by Crippen LogP contribution is -2.48. The third-order valence-electron chi connectivity index (χ3n) is 5.99. The van der Waals surface area contributed by atoms with Crippen LogP contribution in [-0.4, -0.2) is 31.1 Å². The Kier molecular flexibility index (Phi) is 3.98. The molecular formula is C18H24ClN3O. The van der Waals surface area contributed by atoms with Crippen LogP contribution in [0.25, 0.3) is 0 Å². The first-order valence-electron chi connectivity index (χ1n) is 8.68. The van der Waals surface area contributed by atoms with Crippen LogP contribution in [0.1, 0.15) is 25.7 Å². The van der Waals surface area contributed by atoms with Crippen molar-refractivity contribution in [3.05, 3.63) is 29.3 Å². The Hall–Kier alpha value is -1.26. The number of nitrogens with zero attached hydrogens (tertiary/aromatic N) is 1. The van der Waals surface area contributed by atoms with E-state index in [-0.39, 0.29) is 23.9 Å². The van der Waals surface area contributed by atoms with Gasteiger partial charge in [-0.2, -0.15) is 0 Å². The molecule has 0 spiro atoms. The predicted molar refractivity (Wildman–Crippen MR) is 92.5 cm³/mol. The van der Waals surface area contributed by atoms with Crippen molar-refractivity contribution < 1.29 is 4.79 Å². The van der Waals surface area contributed by atoms with Crippen molar-refractivity contribution in [2.45, 2.75) is 37.8 Å². The quantitative estimate of drug-likeness (QED) is 0.893. The van der Waals surface area contributed by atoms with E-state index < -0.39 is 0 Å². The summed E-state index contributed by atoms with van der Waals surface area (Å²) in [6.07, 6.45) is 4.52. The molecule has 4 rings (SSSR count). The molecule has 1 aromatic carbocycles. The maximum Gasteiger partial charge on any atom is 0.225 e. The van der Waals surface area contributed by atoms with Crippen molar-refractivity contribution in [3.8, 4) is 0 Å². The second-order valence-corrected chi connectivity index (χ2v) is 7.79. The molecule has 2 saturated carbocycles. The van der Waals surface area contributed by atoms with Crippen LogP contribution in [0.2, 0.25) is 5.02 Å². The fourth-order valence-corrected chi connectivity index (χ4v) is 4.99. The first kappa shape index (κ1) is 15.3. The normalized spacial score (nSPS) is 35.7. The van der Waals surface area contributed by atoms with Gasteiger partial charge in [0, 0.05) is 35.9 Å². The summed E-state index contributed by atoms with van der Waals surface area (Å²) in [6, 6.07) is 8.20. The molecule has 2 aliphatic carbocycles. The Morgan fingerprint density at radius 1 is 1.26 bits per heavy atom. The van der Waals surface area contributed by atoms with E-state index in [9.17, 15) is 4.79 Å². The highest BCUT2D eigenvalue weighted by Crippen LogP contribution is 2.47. The van der Waals surface area contributed by atoms with Gasteiger partial charge in [0.2, 0.25) is 5.91 Å². The zero-order valence-corrected chi connectivity index (χ0v) is 14.0. The van der Waals surface area contributed by atoms with Crippen LogP contribution < -0.4 is 16.0 Å². The van der Waals surface area contributed by atoms with Gasteiger partial charge in [0.15, 0.2) is 0 Å². The second-order valence-electron chi connectivity index (χ2n) is 7.36. The summed E-state index contributed by atoms with van der Waals surface area (Å²) in [5, 5.41) is 4.01. The monoisotopic (exact) mass is 333 g/mol. The van der Waals surface area contributed by atoms with Gasteiger partial charge in [0.1, 0.15) is 0 Å². The first-order valence-corrected chi connectivity index (χ1v) is 9.06. The summed E-state index contributed by atoms with van der Waals surface area (Å²) in [5.41, 5.74) is 7.42. The number of hydrogen-bond donors (Lipinski definition) is 2. The van der Waals surface area contributed by atoms with E-state index >= 15 is 0 Å². The Balaban J connectivity index is 1.36. The molecule has 4 nitrogen and oxygen atoms in total. The Morgan fingerprint density at radius 3 is 2.83 bits per heavy atom. The number of amides is 1. The van der Waals surface area contributed by atoms with E-state index in [1.165, 1.54) is 12.8 Å². The highest BCUT2D eigenvalue weighted by molar-refractivity contribution is 6.30. The Bertz CT molecular complexity index is 606. The second kappa shape index (κ2) is 5.99. The molecule has 3 fully saturated rings. The van der Waals surface area contributed by atoms with Gasteiger partial charge in [-0.3, -0.25) is 4.79 Å². The van der Waals surface area contributed by atoms with Gasteiger partial charge >= 0.3 is 0 Å². The summed E-state index contributed by atoms with van der Waals surface area (Å²) >= 11 is 6.07. The molecule has 3 N–H and O–H groups in total. The number of fused-ring (bicyclic) bond motifs is 2. The van der Waals surface area contributed by atoms with Gasteiger partial charge in [-0.15, -0.1) is 0 Å². The van der Waals surface area contributed by atoms with Gasteiger partial charge in [0.05, 0.1) is 5.92 Å². The van der Waals surface area contributed by atoms with Gasteiger partial charge in [-0.25, -0.2) is 0 Å². The number of nitrogens with two attached hydrogens (primary N) is 1. The molecule has 1 saturated heterocycles. The minimum atomic E-state index is 0.0361. The van der Waals surface area contributed by atoms with Gasteiger partial charge in [0.25, 0.3) is 0 Å². The van der Waals surface area contributed by atoms with Crippen LogP contribution in [0.4, 0.5) is 5.69 Å². The van der Waals surface area contributed by atoms with Crippen LogP contribution in [0, 0.1) is 17.8 Å². The van der Waals surface area contributed by atoms with Crippen molar-refractivity contribution >= 4 is 23.2 Å². The lowest BCUT2D eigenvalue weighted by Gasteiger charge is -2.28. The molecule has 5 atom stereocenters. The highest BCUT2D eigenvalue weighted by Gasteiger charge is 2.49. The van der Waals surface area contributed by atoms with Crippen molar-refractivity contribution in [1.82, 2.24) is 5.32 Å². The molecule has 124 valence electrons. The average Bonchev–Trinajstić information content (AvgIpc) is 3.22. The number of halogens is 1. The number of carbonyl (C=O) groups excluding carboxylic acids is 1. The maximum absolute atomic E-state index is 12.7. The van der Waals surface area contributed by atoms with Gasteiger partial charge in [-0.05, 0) is 55.7 Å². The molecule has 5 heteroatoms. The molecule has 0 aromatic heterocycles. The van der Waals surface area contributed by atoms with Crippen molar-refractivity contribution in [3.63, 3.8) is 0 Å². The minimum Gasteiger partial charge on any atom is -0.369 e. The summed E-state index contributed by atoms with van der Waals surface area (Å²) < 4.78 is 0. The van der Waals surface area contributed by atoms with Gasteiger partial charge < -0.3 is 16.0 Å². The number of carbonyl (C=O) groups is 1. The molecule has 1 amide bonds. The standard InChI is InChI=1S/C18H24ClN3O/c19-13-2-1-3-15(9-13)22-7-6-14(10-22)21-18(23)16-11-4-5-12(8-11)17(16)20/h1-3,9,11-12,14,16-17H,4-8,10,20H2,(H,21,23). The predicted octanol–water partition coefficient (Wildman–Crippen LogP) is 2.41. The fourth-order valence-electron chi connectivity index (χ4n) is 4.81. The van der Waals surface area contributed by atoms with Crippen LogP contribution in [0.15, 0.2) is 24.3 Å². The summed E-state index contributed by atoms with van der Waals surface area (Å²) in [5.74, 6) is 1.30. The lowest BCUT2D eigenvalue weighted by molar-refractivity contribution is -0.127. The maximum atomic E-state index is 12.7. The van der Waals surface area contributed by atoms with Crippen LogP contribution in [0.5, 0.6) is 0 Å². The number of rotatable bonds is 3. The van der Waals surface area contributed by atoms with Crippen molar-refractivity contribution in [2.24, 2.45) is 23.5 Å². The molecular weight excluding hydrogens is 310 g/mol. The topological polar surface area (TPSA) is 58.4 Å². The molecule has 0 radical (unpaired) electrons. The van der Waals surface area contributed by atoms with E-state index in [1.807, 2.05) is 18.2 Å². The molecule has 5 unspecified atom stereocenters. The summed E-state index contributed by atoms with van der Waals surface area (Å²) in [6.45, 7) is 1.80. The minimum absolute atomic E-state index is 0.0361. The summed E-state index contributed by atoms with van der Waals surface area (Å²) in [7, 11) is 0. The number of nitrogens with one attached hydrogen (secondary N) is 1. The van der Waals surface area contributed by atoms with E-state index in [4.69, 9.17) is 17.3 Å². The average molecular weight is 334 g/mol. The first-order chi connectivity index (χ1) is 11.1. The van der Waals surface area contributed by atoms with Crippen LogP contribution >= 0.6 is 11.6 Å². The van der Waals surface area contributed by atoms with E-state index in [1.54, 1.807) is 0 Å². The lowest BCUT2D eigenvalue weighted by atomic mass is 9.84. The van der Waals surface area contributed by atoms with E-state index in [0.29, 0.717) is 11.8 Å². The molecule has 3 aliphatic rings. The van der Waals surface area contributed by atoms with Crippen LogP contribution in [-0.2, 0) is 4.79 Å². The van der Waals surface area contributed by atoms with E-state index in [0.717, 1.165) is 36.6 Å². The highest BCUT2D eigenvalue weighted by atomic mass is 35.5. The number of benzene rings is 1. The molecule has 23 heavy (non-hydrogen) atoms. The smallest absolute Gasteiger partial charge is 0.225 e. The largest absolute Gasteiger partial charge is 0.369 e. The molecule has 1 heterocycles. The SMILES string of the molecule is NC1C2CCC(C2)C1C(=O)NC1CCN(c2cccc(Cl)c2)C1.